The lowest BCUT2D eigenvalue weighted by molar-refractivity contribution is -0.147. The van der Waals surface area contributed by atoms with Gasteiger partial charge in [0.2, 0.25) is 14.6 Å². The van der Waals surface area contributed by atoms with Gasteiger partial charge in [0.15, 0.2) is 25.2 Å². The van der Waals surface area contributed by atoms with E-state index in [1.807, 2.05) is 76.8 Å². The standard InChI is InChI=1S/C4H9NOS.C4H9NS2.C4H6O3S.C4H6O2S.C3H9NO2S2.C3H9NOS2.C3H7NOS.C3H7NS2.C3H6O2S.2C3H6OS2.C3H6OS.C3H6S3.C3H6S2.C2H7NO2S2.C2H7NOS2/c2*1-5(2)4(6)7-3;1-7-3(5)4(6)8-2;1-3(5)4(6)7-2;1-4(2)8(5,6)7-3;1-4(2)7(5)6-3;2*1-4-3(5)6-2;2*1-5-3(4)6-2;1-4-3(5)6-2;1-3(4)5-2;1-5-3(4)6-2;1-3(4)5-2;1-3-7(4,5)6-2;1-3-6(4)5-2/h2*1-3H3;1-2H3;1-2H3;1-3H3;1-3H3;2*1-2H3,(H,4,5);3*1-2H3;1-2H3;1-2H3;1-2H3;3H,1-2H3;3H,1-2H3. The van der Waals surface area contributed by atoms with E-state index in [2.05, 4.69) is 58.7 Å². The SMILES string of the molecule is CNC(=O)SC.CNC(=S)SC.CNS(=O)(=O)SC.CNS(=O)SC.COC(=O)C(=O)SC.COC(=O)SC.COC(=S)SC.CSC(=O)C(C)=O.CSC(=O)N(C)C.CSC(=O)SC.CSC(=S)N(C)C.CSC(=S)SC.CSC(C)=O.CSC(C)=S.CSS(=O)(=O)N(C)C.CSS(=O)N(C)C. The molecule has 2 amide bonds. The van der Waals surface area contributed by atoms with Crippen LogP contribution in [0.1, 0.15) is 20.8 Å². The van der Waals surface area contributed by atoms with Crippen molar-refractivity contribution in [2.75, 3.05) is 219 Å². The lowest BCUT2D eigenvalue weighted by Gasteiger charge is -2.08. The van der Waals surface area contributed by atoms with E-state index >= 15 is 0 Å². The summed E-state index contributed by atoms with van der Waals surface area (Å²) in [6.45, 7) is 4.73. The van der Waals surface area contributed by atoms with Gasteiger partial charge >= 0.3 is 11.3 Å². The summed E-state index contributed by atoms with van der Waals surface area (Å²) in [6.07, 6.45) is 32.0. The van der Waals surface area contributed by atoms with Crippen LogP contribution in [0.2, 0.25) is 0 Å². The van der Waals surface area contributed by atoms with Crippen LogP contribution < -0.4 is 20.1 Å². The quantitative estimate of drug-likeness (QED) is 0.0721. The van der Waals surface area contributed by atoms with Crippen molar-refractivity contribution >= 4 is 375 Å². The number of ether oxygens (including phenoxy) is 3. The smallest absolute Gasteiger partial charge is 0.385 e. The average Bonchev–Trinajstić information content (AvgIpc) is 0.948. The molecular weight excluding hydrogens is 1870 g/mol. The normalized spacial score (nSPS) is 9.46. The van der Waals surface area contributed by atoms with Gasteiger partial charge in [0.25, 0.3) is 38.8 Å². The molecule has 0 aromatic rings. The zero-order chi connectivity index (χ0) is 86.2. The van der Waals surface area contributed by atoms with Gasteiger partial charge < -0.3 is 34.6 Å². The maximum atomic E-state index is 10.6. The van der Waals surface area contributed by atoms with E-state index in [4.69, 9.17) is 36.7 Å². The van der Waals surface area contributed by atoms with E-state index in [9.17, 15) is 68.4 Å². The summed E-state index contributed by atoms with van der Waals surface area (Å²) in [5.41, 5.74) is 0. The number of thioether (sulfide) groups is 14. The van der Waals surface area contributed by atoms with Gasteiger partial charge in [0.05, 0.1) is 21.3 Å². The predicted octanol–water partition coefficient (Wildman–Crippen LogP) is 13.7. The monoisotopic (exact) mass is 1980 g/mol. The number of esters is 1. The molecule has 0 heterocycles. The highest BCUT2D eigenvalue weighted by Crippen LogP contribution is 2.10. The van der Waals surface area contributed by atoms with Crippen LogP contribution >= 0.6 is 269 Å². The van der Waals surface area contributed by atoms with Crippen LogP contribution in [0.5, 0.6) is 0 Å². The molecule has 0 saturated carbocycles. The number of rotatable bonds is 9. The van der Waals surface area contributed by atoms with Crippen molar-refractivity contribution in [2.24, 2.45) is 0 Å². The molecule has 4 N–H and O–H groups in total. The third kappa shape index (κ3) is 165. The van der Waals surface area contributed by atoms with E-state index in [1.54, 1.807) is 174 Å². The zero-order valence-electron chi connectivity index (χ0n) is 65.2. The van der Waals surface area contributed by atoms with Crippen LogP contribution in [-0.4, -0.2) is 330 Å². The van der Waals surface area contributed by atoms with Gasteiger partial charge in [-0.2, -0.15) is 4.31 Å². The van der Waals surface area contributed by atoms with E-state index < -0.39 is 49.2 Å². The average molecular weight is 1980 g/mol. The third-order valence-corrected chi connectivity index (χ3v) is 30.6. The Morgan fingerprint density at radius 2 is 0.854 bits per heavy atom. The Balaban J connectivity index is -0.0000000561. The molecule has 53 heteroatoms. The number of Topliss-reactive ketones (excluding diaryl/α,β-unsaturated/α-hetero) is 1. The van der Waals surface area contributed by atoms with Crippen molar-refractivity contribution < 1.29 is 82.6 Å². The molecule has 103 heavy (non-hydrogen) atoms. The second-order valence-corrected chi connectivity index (χ2v) is 44.6. The molecule has 0 fully saturated rings. The topological polar surface area (TPSA) is 345 Å². The molecule has 0 spiro atoms. The van der Waals surface area contributed by atoms with Crippen molar-refractivity contribution in [2.45, 2.75) is 20.8 Å². The van der Waals surface area contributed by atoms with E-state index in [0.717, 1.165) is 73.2 Å². The van der Waals surface area contributed by atoms with Crippen LogP contribution in [0.15, 0.2) is 0 Å². The first kappa shape index (κ1) is 144. The molecule has 0 aromatic carbocycles. The van der Waals surface area contributed by atoms with Gasteiger partial charge in [-0.25, -0.2) is 48.6 Å². The first-order chi connectivity index (χ1) is 47.3. The fourth-order valence-electron chi connectivity index (χ4n) is 1.68. The van der Waals surface area contributed by atoms with Gasteiger partial charge in [-0.1, -0.05) is 143 Å². The highest BCUT2D eigenvalue weighted by atomic mass is 33.2. The number of hydrogen-bond acceptors (Lipinski definition) is 41. The van der Waals surface area contributed by atoms with E-state index in [0.29, 0.717) is 4.38 Å². The molecule has 0 saturated heterocycles. The summed E-state index contributed by atoms with van der Waals surface area (Å²) in [5, 5.41) is 4.35. The highest BCUT2D eigenvalue weighted by Gasteiger charge is 2.10. The Morgan fingerprint density at radius 1 is 0.447 bits per heavy atom. The largest absolute Gasteiger partial charge is 0.482 e. The summed E-state index contributed by atoms with van der Waals surface area (Å²) < 4.78 is 87.2. The molecule has 0 radical (unpaired) electrons. The van der Waals surface area contributed by atoms with Crippen molar-refractivity contribution in [3.05, 3.63) is 0 Å². The highest BCUT2D eigenvalue weighted by molar-refractivity contribution is 8.71. The molecular formula is C50H112N8O18S27. The molecule has 0 rings (SSSR count). The van der Waals surface area contributed by atoms with Crippen molar-refractivity contribution in [3.63, 3.8) is 0 Å². The molecule has 0 aliphatic rings. The first-order valence-corrected chi connectivity index (χ1v) is 57.2. The number of nitrogens with zero attached hydrogens (tertiary/aromatic N) is 4. The van der Waals surface area contributed by atoms with Gasteiger partial charge in [0, 0.05) is 88.5 Å². The summed E-state index contributed by atoms with van der Waals surface area (Å²) >= 11 is 42.0. The number of thiocarbonyl (C=S) groups is 5. The Bertz CT molecular complexity index is 2170. The lowest BCUT2D eigenvalue weighted by atomic mass is 10.5. The maximum Gasteiger partial charge on any atom is 0.385 e. The lowest BCUT2D eigenvalue weighted by Crippen LogP contribution is -2.17. The van der Waals surface area contributed by atoms with Crippen molar-refractivity contribution in [1.29, 1.82) is 0 Å². The minimum atomic E-state index is -2.99. The fraction of sp³-hybridized carbons (Fsp3) is 0.720. The Morgan fingerprint density at radius 3 is 0.864 bits per heavy atom. The molecule has 0 bridgehead atoms. The molecule has 0 aliphatic heterocycles. The Labute approximate surface area is 726 Å². The summed E-state index contributed by atoms with van der Waals surface area (Å²) in [7, 11) is 21.1. The van der Waals surface area contributed by atoms with Crippen LogP contribution in [0.3, 0.4) is 0 Å². The zero-order valence-corrected chi connectivity index (χ0v) is 87.2. The van der Waals surface area contributed by atoms with Gasteiger partial charge in [-0.3, -0.25) is 33.6 Å². The number of carbonyl (C=O) groups is 9. The molecule has 0 aliphatic carbocycles. The summed E-state index contributed by atoms with van der Waals surface area (Å²) in [5.74, 6) is -1.18. The summed E-state index contributed by atoms with van der Waals surface area (Å²) in [4.78, 5) is 94.2. The number of methoxy groups -OCH3 is 3. The number of ketones is 1. The minimum Gasteiger partial charge on any atom is -0.482 e. The van der Waals surface area contributed by atoms with Gasteiger partial charge in [0.1, 0.15) is 12.2 Å². The fourth-order valence-corrected chi connectivity index (χ4v) is 8.74. The first-order valence-electron chi connectivity index (χ1n) is 25.9. The van der Waals surface area contributed by atoms with Crippen molar-refractivity contribution in [3.8, 4) is 0 Å². The minimum absolute atomic E-state index is 0.00926. The van der Waals surface area contributed by atoms with Crippen LogP contribution in [-0.2, 0) is 76.3 Å². The number of carbonyl (C=O) groups excluding carboxylic acids is 9. The van der Waals surface area contributed by atoms with Gasteiger partial charge in [-0.15, -0.1) is 58.8 Å². The Kier molecular flexibility index (Phi) is 158. The summed E-state index contributed by atoms with van der Waals surface area (Å²) in [6, 6.07) is 0. The third-order valence-electron chi connectivity index (χ3n) is 6.66. The van der Waals surface area contributed by atoms with Crippen molar-refractivity contribution in [1.82, 2.24) is 38.5 Å². The predicted molar refractivity (Wildman–Crippen MR) is 516 cm³/mol. The molecule has 622 valence electrons. The maximum absolute atomic E-state index is 10.6. The van der Waals surface area contributed by atoms with E-state index in [1.165, 1.54) is 158 Å². The van der Waals surface area contributed by atoms with Crippen LogP contribution in [0.4, 0.5) is 19.2 Å². The van der Waals surface area contributed by atoms with Crippen LogP contribution in [0, 0.1) is 0 Å². The second-order valence-electron chi connectivity index (χ2n) is 14.3. The Hall–Kier alpha value is 2.42. The van der Waals surface area contributed by atoms with Crippen LogP contribution in [0.25, 0.3) is 0 Å². The van der Waals surface area contributed by atoms with Gasteiger partial charge in [-0.05, 0) is 201 Å². The second kappa shape index (κ2) is 113. The molecule has 2 unspecified atom stereocenters. The number of amides is 2. The molecule has 26 nitrogen and oxygen atoms in total. The molecule has 0 aromatic heterocycles. The van der Waals surface area contributed by atoms with E-state index in [-0.39, 0.29) is 36.2 Å². The molecule has 2 atom stereocenters. The number of nitrogens with one attached hydrogen (secondary N) is 4. The number of hydrogen-bond donors (Lipinski definition) is 4.